The largest absolute Gasteiger partial charge is 0.382 e. The maximum Gasteiger partial charge on any atom is 0.264 e. The highest BCUT2D eigenvalue weighted by Gasteiger charge is 2.46. The van der Waals surface area contributed by atoms with Gasteiger partial charge in [-0.25, -0.2) is 0 Å². The van der Waals surface area contributed by atoms with Crippen molar-refractivity contribution in [3.63, 3.8) is 0 Å². The van der Waals surface area contributed by atoms with E-state index in [0.717, 1.165) is 11.2 Å². The molecule has 0 bridgehead atoms. The molecule has 3 aliphatic rings. The Kier molecular flexibility index (Phi) is 3.82. The summed E-state index contributed by atoms with van der Waals surface area (Å²) in [5.74, 6) is -2.06. The van der Waals surface area contributed by atoms with Crippen molar-refractivity contribution >= 4 is 35.6 Å². The molecule has 134 valence electrons. The van der Waals surface area contributed by atoms with Crippen molar-refractivity contribution in [2.75, 3.05) is 5.32 Å². The van der Waals surface area contributed by atoms with Crippen LogP contribution in [-0.2, 0) is 14.4 Å². The van der Waals surface area contributed by atoms with Crippen molar-refractivity contribution in [2.24, 2.45) is 5.92 Å². The van der Waals surface area contributed by atoms with Crippen LogP contribution in [0.5, 0.6) is 0 Å². The Morgan fingerprint density at radius 1 is 1.12 bits per heavy atom. The van der Waals surface area contributed by atoms with Gasteiger partial charge in [-0.05, 0) is 31.4 Å². The van der Waals surface area contributed by atoms with Crippen molar-refractivity contribution in [3.05, 3.63) is 29.3 Å². The van der Waals surface area contributed by atoms with Gasteiger partial charge in [0.25, 0.3) is 11.8 Å². The number of hydrogen-bond acceptors (Lipinski definition) is 6. The summed E-state index contributed by atoms with van der Waals surface area (Å²) in [6.07, 6.45) is 2.51. The Bertz CT molecular complexity index is 843. The zero-order chi connectivity index (χ0) is 18.4. The third-order valence-electron chi connectivity index (χ3n) is 5.19. The molecule has 2 heterocycles. The number of carbonyl (C=O) groups is 5. The summed E-state index contributed by atoms with van der Waals surface area (Å²) >= 11 is 0. The standard InChI is InChI=1S/C18H17N3O5/c22-8-9-6-10(7-9)19-12-3-1-2-11-15(12)18(26)21(17(11)25)13-4-5-14(23)20-16(13)24/h1-3,8-10,13,19H,4-7H2,(H,20,23,24)/t9-,10-,13?. The molecule has 8 nitrogen and oxygen atoms in total. The van der Waals surface area contributed by atoms with Gasteiger partial charge in [0.15, 0.2) is 0 Å². The lowest BCUT2D eigenvalue weighted by Crippen LogP contribution is -2.54. The normalized spacial score (nSPS) is 27.7. The number of nitrogens with zero attached hydrogens (tertiary/aromatic N) is 1. The molecule has 1 aliphatic carbocycles. The predicted molar refractivity (Wildman–Crippen MR) is 89.3 cm³/mol. The second-order valence-electron chi connectivity index (χ2n) is 6.88. The van der Waals surface area contributed by atoms with Crippen molar-refractivity contribution in [1.29, 1.82) is 0 Å². The summed E-state index contributed by atoms with van der Waals surface area (Å²) < 4.78 is 0. The maximum absolute atomic E-state index is 12.9. The number of imide groups is 2. The average Bonchev–Trinajstić information content (AvgIpc) is 2.83. The fourth-order valence-electron chi connectivity index (χ4n) is 3.75. The number of fused-ring (bicyclic) bond motifs is 1. The Labute approximate surface area is 148 Å². The molecule has 1 saturated carbocycles. The molecule has 2 fully saturated rings. The molecule has 2 aliphatic heterocycles. The van der Waals surface area contributed by atoms with Crippen LogP contribution >= 0.6 is 0 Å². The topological polar surface area (TPSA) is 113 Å². The van der Waals surface area contributed by atoms with Crippen molar-refractivity contribution in [2.45, 2.75) is 37.8 Å². The zero-order valence-electron chi connectivity index (χ0n) is 13.9. The summed E-state index contributed by atoms with van der Waals surface area (Å²) in [5.41, 5.74) is 1.03. The highest BCUT2D eigenvalue weighted by atomic mass is 16.2. The van der Waals surface area contributed by atoms with E-state index in [9.17, 15) is 24.0 Å². The van der Waals surface area contributed by atoms with E-state index < -0.39 is 29.7 Å². The van der Waals surface area contributed by atoms with Gasteiger partial charge in [0.05, 0.1) is 11.1 Å². The Balaban J connectivity index is 1.60. The minimum absolute atomic E-state index is 0.0292. The predicted octanol–water partition coefficient (Wildman–Crippen LogP) is 0.477. The van der Waals surface area contributed by atoms with Gasteiger partial charge in [-0.1, -0.05) is 6.07 Å². The number of carbonyl (C=O) groups excluding carboxylic acids is 5. The van der Waals surface area contributed by atoms with E-state index in [0.29, 0.717) is 18.5 Å². The molecule has 26 heavy (non-hydrogen) atoms. The number of benzene rings is 1. The maximum atomic E-state index is 12.9. The van der Waals surface area contributed by atoms with Gasteiger partial charge in [0, 0.05) is 24.1 Å². The summed E-state index contributed by atoms with van der Waals surface area (Å²) in [5, 5.41) is 5.40. The fourth-order valence-corrected chi connectivity index (χ4v) is 3.75. The lowest BCUT2D eigenvalue weighted by molar-refractivity contribution is -0.136. The third-order valence-corrected chi connectivity index (χ3v) is 5.19. The van der Waals surface area contributed by atoms with Gasteiger partial charge >= 0.3 is 0 Å². The molecule has 4 amide bonds. The van der Waals surface area contributed by atoms with Gasteiger partial charge in [0.1, 0.15) is 12.3 Å². The zero-order valence-corrected chi connectivity index (χ0v) is 13.9. The Hall–Kier alpha value is -3.03. The van der Waals surface area contributed by atoms with E-state index >= 15 is 0 Å². The molecule has 1 saturated heterocycles. The monoisotopic (exact) mass is 355 g/mol. The number of aldehydes is 1. The van der Waals surface area contributed by atoms with Crippen LogP contribution in [0.15, 0.2) is 18.2 Å². The van der Waals surface area contributed by atoms with Crippen LogP contribution in [0.25, 0.3) is 0 Å². The van der Waals surface area contributed by atoms with Crippen molar-refractivity contribution < 1.29 is 24.0 Å². The molecule has 0 radical (unpaired) electrons. The number of amides is 4. The summed E-state index contributed by atoms with van der Waals surface area (Å²) in [4.78, 5) is 60.7. The molecule has 1 unspecified atom stereocenters. The SMILES string of the molecule is O=C[C@H]1C[C@H](Nc2cccc3c2C(=O)N(C2CCC(=O)NC2=O)C3=O)C1. The highest BCUT2D eigenvalue weighted by Crippen LogP contribution is 2.35. The molecule has 8 heteroatoms. The number of rotatable bonds is 4. The van der Waals surface area contributed by atoms with E-state index in [1.165, 1.54) is 0 Å². The van der Waals surface area contributed by atoms with E-state index in [4.69, 9.17) is 0 Å². The molecular formula is C18H17N3O5. The molecule has 1 atom stereocenters. The molecule has 1 aromatic carbocycles. The summed E-state index contributed by atoms with van der Waals surface area (Å²) in [6, 6.07) is 4.05. The number of nitrogens with one attached hydrogen (secondary N) is 2. The average molecular weight is 355 g/mol. The third kappa shape index (κ3) is 2.49. The van der Waals surface area contributed by atoms with Crippen molar-refractivity contribution in [3.8, 4) is 0 Å². The molecular weight excluding hydrogens is 338 g/mol. The smallest absolute Gasteiger partial charge is 0.264 e. The first-order valence-electron chi connectivity index (χ1n) is 8.56. The summed E-state index contributed by atoms with van der Waals surface area (Å²) in [6.45, 7) is 0. The minimum atomic E-state index is -0.976. The van der Waals surface area contributed by atoms with Gasteiger partial charge in [0.2, 0.25) is 11.8 Å². The van der Waals surface area contributed by atoms with E-state index in [2.05, 4.69) is 10.6 Å². The van der Waals surface area contributed by atoms with Gasteiger partial charge < -0.3 is 10.1 Å². The van der Waals surface area contributed by atoms with Crippen LogP contribution in [0.4, 0.5) is 5.69 Å². The molecule has 0 spiro atoms. The van der Waals surface area contributed by atoms with Crippen LogP contribution in [0.2, 0.25) is 0 Å². The lowest BCUT2D eigenvalue weighted by Gasteiger charge is -2.33. The molecule has 0 aromatic heterocycles. The fraction of sp³-hybridized carbons (Fsp3) is 0.389. The Morgan fingerprint density at radius 2 is 1.88 bits per heavy atom. The molecule has 1 aromatic rings. The van der Waals surface area contributed by atoms with Crippen LogP contribution in [0, 0.1) is 5.92 Å². The van der Waals surface area contributed by atoms with E-state index in [1.807, 2.05) is 0 Å². The highest BCUT2D eigenvalue weighted by molar-refractivity contribution is 6.25. The minimum Gasteiger partial charge on any atom is -0.382 e. The second-order valence-corrected chi connectivity index (χ2v) is 6.88. The number of anilines is 1. The van der Waals surface area contributed by atoms with E-state index in [1.54, 1.807) is 18.2 Å². The molecule has 2 N–H and O–H groups in total. The summed E-state index contributed by atoms with van der Waals surface area (Å²) in [7, 11) is 0. The number of hydrogen-bond donors (Lipinski definition) is 2. The number of piperidine rings is 1. The van der Waals surface area contributed by atoms with Crippen LogP contribution in [0.1, 0.15) is 46.4 Å². The quantitative estimate of drug-likeness (QED) is 0.600. The first-order valence-corrected chi connectivity index (χ1v) is 8.56. The lowest BCUT2D eigenvalue weighted by atomic mass is 9.81. The molecule has 4 rings (SSSR count). The van der Waals surface area contributed by atoms with Crippen LogP contribution in [0.3, 0.4) is 0 Å². The van der Waals surface area contributed by atoms with E-state index in [-0.39, 0.29) is 35.9 Å². The van der Waals surface area contributed by atoms with Gasteiger partial charge in [-0.15, -0.1) is 0 Å². The van der Waals surface area contributed by atoms with Crippen LogP contribution in [-0.4, -0.2) is 46.9 Å². The van der Waals surface area contributed by atoms with Crippen molar-refractivity contribution in [1.82, 2.24) is 10.2 Å². The first kappa shape index (κ1) is 16.4. The van der Waals surface area contributed by atoms with Gasteiger partial charge in [-0.2, -0.15) is 0 Å². The first-order chi connectivity index (χ1) is 12.5. The van der Waals surface area contributed by atoms with Gasteiger partial charge in [-0.3, -0.25) is 29.4 Å². The second kappa shape index (κ2) is 6.05. The van der Waals surface area contributed by atoms with Crippen LogP contribution < -0.4 is 10.6 Å². The Morgan fingerprint density at radius 3 is 2.58 bits per heavy atom.